The van der Waals surface area contributed by atoms with Crippen molar-refractivity contribution in [2.45, 2.75) is 0 Å². The van der Waals surface area contributed by atoms with Crippen molar-refractivity contribution in [2.24, 2.45) is 0 Å². The number of carbonyl (C=O) groups is 1. The maximum Gasteiger partial charge on any atom is 0.341 e. The van der Waals surface area contributed by atoms with Gasteiger partial charge in [-0.15, -0.1) is 0 Å². The molecular formula is C8H7NO3. The van der Waals surface area contributed by atoms with Gasteiger partial charge in [-0.3, -0.25) is 4.79 Å². The highest BCUT2D eigenvalue weighted by atomic mass is 16.4. The molecule has 0 aliphatic rings. The lowest BCUT2D eigenvalue weighted by atomic mass is 10.2. The van der Waals surface area contributed by atoms with Crippen molar-refractivity contribution in [2.75, 3.05) is 0 Å². The van der Waals surface area contributed by atoms with Crippen LogP contribution >= 0.6 is 0 Å². The molecule has 4 heteroatoms. The van der Waals surface area contributed by atoms with Crippen molar-refractivity contribution < 1.29 is 9.90 Å². The minimum Gasteiger partial charge on any atom is -0.477 e. The first kappa shape index (κ1) is 8.26. The summed E-state index contributed by atoms with van der Waals surface area (Å²) in [6.07, 6.45) is 2.59. The zero-order valence-electron chi connectivity index (χ0n) is 6.20. The van der Waals surface area contributed by atoms with Crippen LogP contribution in [-0.2, 0) is 0 Å². The molecule has 12 heavy (non-hydrogen) atoms. The summed E-state index contributed by atoms with van der Waals surface area (Å²) < 4.78 is 0. The van der Waals surface area contributed by atoms with Crippen molar-refractivity contribution in [3.63, 3.8) is 0 Å². The van der Waals surface area contributed by atoms with Crippen LogP contribution in [0.3, 0.4) is 0 Å². The van der Waals surface area contributed by atoms with Gasteiger partial charge in [0.15, 0.2) is 5.43 Å². The number of aromatic carboxylic acids is 1. The lowest BCUT2D eigenvalue weighted by Crippen LogP contribution is -2.14. The van der Waals surface area contributed by atoms with E-state index < -0.39 is 11.4 Å². The quantitative estimate of drug-likeness (QED) is 0.678. The highest BCUT2D eigenvalue weighted by Crippen LogP contribution is 1.94. The molecule has 0 spiro atoms. The van der Waals surface area contributed by atoms with Gasteiger partial charge in [-0.25, -0.2) is 4.79 Å². The fourth-order valence-electron chi connectivity index (χ4n) is 0.772. The zero-order chi connectivity index (χ0) is 9.14. The van der Waals surface area contributed by atoms with Crippen LogP contribution in [0.25, 0.3) is 6.08 Å². The topological polar surface area (TPSA) is 70.2 Å². The number of aromatic amines is 1. The van der Waals surface area contributed by atoms with Crippen LogP contribution in [0.2, 0.25) is 0 Å². The van der Waals surface area contributed by atoms with Gasteiger partial charge in [0.2, 0.25) is 0 Å². The third-order valence-corrected chi connectivity index (χ3v) is 1.39. The van der Waals surface area contributed by atoms with Crippen LogP contribution in [-0.4, -0.2) is 16.1 Å². The van der Waals surface area contributed by atoms with Crippen molar-refractivity contribution >= 4 is 12.0 Å². The molecule has 0 atom stereocenters. The molecule has 4 nitrogen and oxygen atoms in total. The normalized spacial score (nSPS) is 9.33. The number of rotatable bonds is 2. The molecule has 1 aromatic heterocycles. The molecule has 1 heterocycles. The largest absolute Gasteiger partial charge is 0.477 e. The Morgan fingerprint density at radius 3 is 2.75 bits per heavy atom. The third-order valence-electron chi connectivity index (χ3n) is 1.39. The SMILES string of the molecule is C=Cc1cc(=O)c(C(=O)O)c[nH]1. The van der Waals surface area contributed by atoms with E-state index in [0.29, 0.717) is 5.69 Å². The molecule has 2 N–H and O–H groups in total. The van der Waals surface area contributed by atoms with Gasteiger partial charge in [0.1, 0.15) is 5.56 Å². The summed E-state index contributed by atoms with van der Waals surface area (Å²) in [6, 6.07) is 1.19. The molecule has 0 aliphatic heterocycles. The van der Waals surface area contributed by atoms with E-state index in [1.807, 2.05) is 0 Å². The maximum atomic E-state index is 11.0. The Hall–Kier alpha value is -1.84. The predicted molar refractivity (Wildman–Crippen MR) is 44.1 cm³/mol. The molecule has 0 bridgehead atoms. The lowest BCUT2D eigenvalue weighted by Gasteiger charge is -1.94. The molecule has 0 fully saturated rings. The summed E-state index contributed by atoms with van der Waals surface area (Å²) in [4.78, 5) is 24.0. The smallest absolute Gasteiger partial charge is 0.341 e. The van der Waals surface area contributed by atoms with Gasteiger partial charge in [-0.05, 0) is 6.08 Å². The van der Waals surface area contributed by atoms with Crippen LogP contribution in [0.15, 0.2) is 23.6 Å². The van der Waals surface area contributed by atoms with Crippen LogP contribution in [0.4, 0.5) is 0 Å². The number of carboxylic acids is 1. The number of pyridine rings is 1. The Morgan fingerprint density at radius 2 is 2.33 bits per heavy atom. The Kier molecular flexibility index (Phi) is 2.09. The summed E-state index contributed by atoms with van der Waals surface area (Å²) in [5.74, 6) is -1.23. The molecule has 0 amide bonds. The summed E-state index contributed by atoms with van der Waals surface area (Å²) in [5.41, 5.74) is -0.276. The van der Waals surface area contributed by atoms with E-state index in [9.17, 15) is 9.59 Å². The number of nitrogens with one attached hydrogen (secondary N) is 1. The fraction of sp³-hybridized carbons (Fsp3) is 0. The Morgan fingerprint density at radius 1 is 1.67 bits per heavy atom. The van der Waals surface area contributed by atoms with Crippen LogP contribution in [0.5, 0.6) is 0 Å². The van der Waals surface area contributed by atoms with E-state index in [0.717, 1.165) is 6.20 Å². The van der Waals surface area contributed by atoms with Crippen molar-refractivity contribution in [1.82, 2.24) is 4.98 Å². The van der Waals surface area contributed by atoms with E-state index in [1.54, 1.807) is 0 Å². The lowest BCUT2D eigenvalue weighted by molar-refractivity contribution is 0.0695. The van der Waals surface area contributed by atoms with Crippen LogP contribution in [0, 0.1) is 0 Å². The molecule has 62 valence electrons. The van der Waals surface area contributed by atoms with E-state index >= 15 is 0 Å². The Bertz CT molecular complexity index is 378. The minimum absolute atomic E-state index is 0.263. The van der Waals surface area contributed by atoms with Gasteiger partial charge in [0.05, 0.1) is 0 Å². The van der Waals surface area contributed by atoms with E-state index in [4.69, 9.17) is 5.11 Å². The molecule has 0 radical (unpaired) electrons. The predicted octanol–water partition coefficient (Wildman–Crippen LogP) is 0.716. The number of hydrogen-bond acceptors (Lipinski definition) is 2. The molecule has 0 saturated heterocycles. The zero-order valence-corrected chi connectivity index (χ0v) is 6.20. The van der Waals surface area contributed by atoms with Gasteiger partial charge in [0, 0.05) is 18.0 Å². The highest BCUT2D eigenvalue weighted by molar-refractivity contribution is 5.87. The van der Waals surface area contributed by atoms with Crippen LogP contribution < -0.4 is 5.43 Å². The standard InChI is InChI=1S/C8H7NO3/c1-2-5-3-7(10)6(4-9-5)8(11)12/h2-4H,1H2,(H,9,10)(H,11,12). The summed E-state index contributed by atoms with van der Waals surface area (Å²) in [6.45, 7) is 3.43. The van der Waals surface area contributed by atoms with Gasteiger partial charge in [-0.2, -0.15) is 0 Å². The second-order valence-electron chi connectivity index (χ2n) is 2.18. The van der Waals surface area contributed by atoms with Gasteiger partial charge < -0.3 is 10.1 Å². The average molecular weight is 165 g/mol. The number of carboxylic acid groups (broad SMARTS) is 1. The second-order valence-corrected chi connectivity index (χ2v) is 2.18. The number of aromatic nitrogens is 1. The molecule has 0 aromatic carbocycles. The Labute approximate surface area is 68.2 Å². The van der Waals surface area contributed by atoms with Gasteiger partial charge in [-0.1, -0.05) is 6.58 Å². The first-order valence-electron chi connectivity index (χ1n) is 3.23. The van der Waals surface area contributed by atoms with Crippen molar-refractivity contribution in [1.29, 1.82) is 0 Å². The monoisotopic (exact) mass is 165 g/mol. The van der Waals surface area contributed by atoms with Gasteiger partial charge in [0.25, 0.3) is 0 Å². The molecule has 1 rings (SSSR count). The van der Waals surface area contributed by atoms with E-state index in [-0.39, 0.29) is 5.56 Å². The van der Waals surface area contributed by atoms with Crippen molar-refractivity contribution in [3.8, 4) is 0 Å². The maximum absolute atomic E-state index is 11.0. The molecule has 1 aromatic rings. The number of hydrogen-bond donors (Lipinski definition) is 2. The summed E-state index contributed by atoms with van der Waals surface area (Å²) in [7, 11) is 0. The summed E-state index contributed by atoms with van der Waals surface area (Å²) >= 11 is 0. The second kappa shape index (κ2) is 3.04. The fourth-order valence-corrected chi connectivity index (χ4v) is 0.772. The average Bonchev–Trinajstić information content (AvgIpc) is 2.03. The summed E-state index contributed by atoms with van der Waals surface area (Å²) in [5, 5.41) is 8.48. The molecule has 0 unspecified atom stereocenters. The first-order chi connectivity index (χ1) is 5.65. The third kappa shape index (κ3) is 1.42. The number of H-pyrrole nitrogens is 1. The van der Waals surface area contributed by atoms with Gasteiger partial charge >= 0.3 is 5.97 Å². The van der Waals surface area contributed by atoms with Crippen molar-refractivity contribution in [3.05, 3.63) is 40.3 Å². The Balaban J connectivity index is 3.30. The molecule has 0 saturated carbocycles. The van der Waals surface area contributed by atoms with E-state index in [1.165, 1.54) is 12.1 Å². The van der Waals surface area contributed by atoms with Crippen LogP contribution in [0.1, 0.15) is 16.1 Å². The van der Waals surface area contributed by atoms with E-state index in [2.05, 4.69) is 11.6 Å². The molecular weight excluding hydrogens is 158 g/mol. The molecule has 0 aliphatic carbocycles. The highest BCUT2D eigenvalue weighted by Gasteiger charge is 2.06. The first-order valence-corrected chi connectivity index (χ1v) is 3.23. The minimum atomic E-state index is -1.23.